The van der Waals surface area contributed by atoms with E-state index in [1.807, 2.05) is 193 Å². The molecule has 29 nitrogen and oxygen atoms in total. The first-order valence-corrected chi connectivity index (χ1v) is 44.4. The van der Waals surface area contributed by atoms with Crippen molar-refractivity contribution in [3.8, 4) is 0 Å². The van der Waals surface area contributed by atoms with E-state index in [0.717, 1.165) is 214 Å². The molecule has 29 heteroatoms. The molecule has 0 atom stereocenters. The maximum Gasteiger partial charge on any atom is 0.410 e. The molecule has 4 N–H and O–H groups in total. The number of aromatic nitrogens is 4. The van der Waals surface area contributed by atoms with Crippen molar-refractivity contribution in [1.29, 1.82) is 0 Å². The lowest BCUT2D eigenvalue weighted by atomic mass is 9.81. The van der Waals surface area contributed by atoms with Crippen LogP contribution < -0.4 is 35.6 Å². The van der Waals surface area contributed by atoms with Gasteiger partial charge in [0, 0.05) is 242 Å². The van der Waals surface area contributed by atoms with Gasteiger partial charge < -0.3 is 79.5 Å². The first-order chi connectivity index (χ1) is 57.4. The van der Waals surface area contributed by atoms with Crippen molar-refractivity contribution in [2.45, 2.75) is 215 Å². The number of aliphatic imine (C=N–C) groups is 1. The van der Waals surface area contributed by atoms with Gasteiger partial charge in [0.2, 0.25) is 23.8 Å². The van der Waals surface area contributed by atoms with Crippen LogP contribution >= 0.6 is 0 Å². The number of anilines is 4. The second-order valence-electron chi connectivity index (χ2n) is 37.5. The molecule has 674 valence electrons. The number of aliphatic carboxylic acids is 1. The second-order valence-corrected chi connectivity index (χ2v) is 37.5. The molecule has 121 heavy (non-hydrogen) atoms. The van der Waals surface area contributed by atoms with Crippen LogP contribution in [0.1, 0.15) is 192 Å². The fraction of sp³-hybridized carbons (Fsp3) is 0.696. The van der Waals surface area contributed by atoms with Crippen LogP contribution in [0, 0.1) is 41.4 Å². The van der Waals surface area contributed by atoms with E-state index in [2.05, 4.69) is 77.5 Å². The summed E-state index contributed by atoms with van der Waals surface area (Å²) in [6, 6.07) is 16.3. The minimum Gasteiger partial charge on any atom is -0.481 e. The lowest BCUT2D eigenvalue weighted by Gasteiger charge is -2.39. The molecule has 7 amide bonds. The normalized spacial score (nSPS) is 20.9. The quantitative estimate of drug-likeness (QED) is 0.0673. The summed E-state index contributed by atoms with van der Waals surface area (Å²) in [4.78, 5) is 134. The lowest BCUT2D eigenvalue weighted by molar-refractivity contribution is -0.143. The third kappa shape index (κ3) is 38.4. The number of carboxylic acid groups (broad SMARTS) is 1. The van der Waals surface area contributed by atoms with Crippen molar-refractivity contribution in [2.75, 3.05) is 179 Å². The number of nitrogens with zero attached hydrogens (tertiary/aromatic N) is 15. The van der Waals surface area contributed by atoms with Crippen molar-refractivity contribution in [1.82, 2.24) is 65.3 Å². The van der Waals surface area contributed by atoms with Gasteiger partial charge >= 0.3 is 24.2 Å². The molecule has 4 saturated carbocycles. The Morgan fingerprint density at radius 1 is 0.438 bits per heavy atom. The van der Waals surface area contributed by atoms with Crippen LogP contribution in [0.3, 0.4) is 0 Å². The van der Waals surface area contributed by atoms with Crippen LogP contribution in [-0.4, -0.2) is 284 Å². The highest BCUT2D eigenvalue weighted by Gasteiger charge is 2.36. The molecule has 0 unspecified atom stereocenters. The molecule has 12 rings (SSSR count). The van der Waals surface area contributed by atoms with Crippen molar-refractivity contribution >= 4 is 70.7 Å². The Morgan fingerprint density at radius 2 is 0.752 bits per heavy atom. The second kappa shape index (κ2) is 51.0. The van der Waals surface area contributed by atoms with Gasteiger partial charge in [-0.2, -0.15) is 0 Å². The van der Waals surface area contributed by atoms with Crippen LogP contribution in [0.25, 0.3) is 0 Å². The molecule has 4 aromatic rings. The number of pyridine rings is 4. The zero-order valence-corrected chi connectivity index (χ0v) is 76.5. The first kappa shape index (κ1) is 101. The Bertz CT molecular complexity index is 3560. The molecule has 4 aliphatic carbocycles. The highest BCUT2D eigenvalue weighted by atomic mass is 16.6. The molecule has 4 saturated heterocycles. The number of carbonyl (C=O) groups is 7. The summed E-state index contributed by atoms with van der Waals surface area (Å²) in [5.41, 5.74) is 3.51. The number of nitrogens with one attached hydrogen (secondary N) is 3. The molecule has 0 spiro atoms. The van der Waals surface area contributed by atoms with Gasteiger partial charge in [-0.25, -0.2) is 24.2 Å². The van der Waals surface area contributed by atoms with Crippen LogP contribution in [-0.2, 0) is 33.4 Å². The predicted molar refractivity (Wildman–Crippen MR) is 480 cm³/mol. The molecule has 0 radical (unpaired) electrons. The SMILES string of the molecule is CC(C)(C)N=C=O.CN(C)C(=O)OC(C)(C)C.CN(CC1CCC(C(=O)N2CCN(c3ccncc3)CC2)CC1)C(=O)NC(C)(C)C.CN(CC1CCC(C(=O)N2CCN(c3ccncc3)CC2)CC1)C(=O)OC(C)(C)C.CNCC1CCC(C(=O)N2CCN(c3ccncc3)CC2)CC1.O=C(O)C1CCCCC1.c1cc(N2CCNCC2)ccn1. The van der Waals surface area contributed by atoms with Crippen molar-refractivity contribution in [3.05, 3.63) is 98.1 Å². The fourth-order valence-corrected chi connectivity index (χ4v) is 16.1. The molecular formula is C92H150N18O11. The van der Waals surface area contributed by atoms with Crippen molar-refractivity contribution in [2.24, 2.45) is 46.4 Å². The van der Waals surface area contributed by atoms with Gasteiger partial charge in [-0.05, 0) is 253 Å². The monoisotopic (exact) mass is 1680 g/mol. The summed E-state index contributed by atoms with van der Waals surface area (Å²) >= 11 is 0. The van der Waals surface area contributed by atoms with Crippen LogP contribution in [0.2, 0.25) is 0 Å². The molecular weight excluding hydrogens is 1530 g/mol. The number of hydrogen-bond acceptors (Lipinski definition) is 21. The fourth-order valence-electron chi connectivity index (χ4n) is 16.1. The van der Waals surface area contributed by atoms with E-state index in [4.69, 9.17) is 14.6 Å². The van der Waals surface area contributed by atoms with Gasteiger partial charge in [-0.15, -0.1) is 0 Å². The number of amides is 7. The maximum atomic E-state index is 13.0. The van der Waals surface area contributed by atoms with E-state index in [9.17, 15) is 38.4 Å². The number of hydrogen-bond donors (Lipinski definition) is 4. The Balaban J connectivity index is 0.000000233. The van der Waals surface area contributed by atoms with E-state index >= 15 is 0 Å². The van der Waals surface area contributed by atoms with E-state index in [1.54, 1.807) is 30.9 Å². The number of rotatable bonds is 14. The van der Waals surface area contributed by atoms with E-state index in [1.165, 1.54) is 53.0 Å². The van der Waals surface area contributed by atoms with Gasteiger partial charge in [0.15, 0.2) is 0 Å². The lowest BCUT2D eigenvalue weighted by Crippen LogP contribution is -2.51. The topological polar surface area (TPSA) is 308 Å². The first-order valence-electron chi connectivity index (χ1n) is 44.4. The highest BCUT2D eigenvalue weighted by molar-refractivity contribution is 5.81. The van der Waals surface area contributed by atoms with Gasteiger partial charge in [-0.3, -0.25) is 39.1 Å². The smallest absolute Gasteiger partial charge is 0.410 e. The summed E-state index contributed by atoms with van der Waals surface area (Å²) in [6.45, 7) is 39.7. The Morgan fingerprint density at radius 3 is 1.02 bits per heavy atom. The summed E-state index contributed by atoms with van der Waals surface area (Å²) < 4.78 is 10.4. The van der Waals surface area contributed by atoms with Crippen LogP contribution in [0.15, 0.2) is 103 Å². The number of piperazine rings is 4. The molecule has 8 aliphatic rings. The minimum absolute atomic E-state index is 0.0206. The number of urea groups is 1. The average Bonchev–Trinajstić information content (AvgIpc) is 0.779. The number of ether oxygens (including phenoxy) is 2. The summed E-state index contributed by atoms with van der Waals surface area (Å²) in [6.07, 6.45) is 33.0. The molecule has 0 aromatic carbocycles. The summed E-state index contributed by atoms with van der Waals surface area (Å²) in [5, 5.41) is 18.1. The van der Waals surface area contributed by atoms with E-state index in [0.29, 0.717) is 36.1 Å². The molecule has 0 bridgehead atoms. The number of carbonyl (C=O) groups excluding carboxylic acids is 7. The zero-order valence-electron chi connectivity index (χ0n) is 76.5. The van der Waals surface area contributed by atoms with Crippen LogP contribution in [0.4, 0.5) is 37.1 Å². The highest BCUT2D eigenvalue weighted by Crippen LogP contribution is 2.35. The predicted octanol–water partition coefficient (Wildman–Crippen LogP) is 12.9. The maximum absolute atomic E-state index is 13.0. The van der Waals surface area contributed by atoms with Gasteiger partial charge in [0.05, 0.1) is 11.5 Å². The summed E-state index contributed by atoms with van der Waals surface area (Å²) in [5.74, 6) is 2.59. The van der Waals surface area contributed by atoms with Gasteiger partial charge in [0.25, 0.3) is 0 Å². The third-order valence-corrected chi connectivity index (χ3v) is 22.8. The third-order valence-electron chi connectivity index (χ3n) is 22.8. The minimum atomic E-state index is -0.602. The zero-order chi connectivity index (χ0) is 88.7. The van der Waals surface area contributed by atoms with E-state index in [-0.39, 0.29) is 58.6 Å². The Labute approximate surface area is 723 Å². The molecule has 4 aliphatic heterocycles. The van der Waals surface area contributed by atoms with Gasteiger partial charge in [-0.1, -0.05) is 19.3 Å². The van der Waals surface area contributed by atoms with Gasteiger partial charge in [0.1, 0.15) is 11.2 Å². The van der Waals surface area contributed by atoms with Crippen molar-refractivity contribution in [3.63, 3.8) is 0 Å². The largest absolute Gasteiger partial charge is 0.481 e. The molecule has 4 aromatic heterocycles. The number of carboxylic acids is 1. The van der Waals surface area contributed by atoms with Crippen molar-refractivity contribution < 1.29 is 52.9 Å². The van der Waals surface area contributed by atoms with E-state index < -0.39 is 11.6 Å². The number of isocyanates is 1. The Kier molecular flexibility index (Phi) is 42.4. The van der Waals surface area contributed by atoms with Crippen LogP contribution in [0.5, 0.6) is 0 Å². The average molecular weight is 1680 g/mol. The molecule has 8 heterocycles. The molecule has 8 fully saturated rings. The summed E-state index contributed by atoms with van der Waals surface area (Å²) in [7, 11) is 9.00. The standard InChI is InChI=1S/C23H37N5O2.C23H36N4O3.C18H28N4O.C9H13N3.C7H15NO2.C7H12O2.C5H9NO/c1-23(2,3)25-22(30)26(4)17-18-5-7-19(8-6-18)21(29)28-15-13-27(14-16-28)20-9-11-24-12-10-20;1-23(2,3)30-22(29)25(4)17-18-5-7-19(8-6-18)21(28)27-15-13-26(14-16-27)20-9-11-24-12-10-20;1-19-14-15-2-4-16(5-3-15)18(23)22-12-10-21(11-13-22)17-6-8-20-9-7-17;1-3-10-4-2-9(1)12-7-5-11-6-8-12;1-7(2,3)10-6(9)8(4)5;8-7(9)6-4-2-1-3-5-6;1-5(2,3)6-4-7/h9-12,18-19H,5-8,13-17H2,1-4H3,(H,25,30);9-12,18-19H,5-8,13-17H2,1-4H3;6-9,15-16,19H,2-5,10-14H2,1H3;1-4,11H,5-8H2;1-5H3;6H,1-5H2,(H,8,9);1-3H3. The Hall–Kier alpha value is -9.21.